The maximum Gasteiger partial charge on any atom is 0.151 e. The molecule has 1 N–H and O–H groups in total. The van der Waals surface area contributed by atoms with Gasteiger partial charge in [-0.25, -0.2) is 4.39 Å². The largest absolute Gasteiger partial charge is 0.507 e. The number of likely N-dealkylation sites (tertiary alicyclic amines) is 1. The summed E-state index contributed by atoms with van der Waals surface area (Å²) >= 11 is 0. The summed E-state index contributed by atoms with van der Waals surface area (Å²) in [5.41, 5.74) is 1.18. The van der Waals surface area contributed by atoms with Crippen molar-refractivity contribution in [3.63, 3.8) is 0 Å². The summed E-state index contributed by atoms with van der Waals surface area (Å²) in [6.07, 6.45) is 2.07. The first kappa shape index (κ1) is 19.5. The molecule has 5 nitrogen and oxygen atoms in total. The van der Waals surface area contributed by atoms with Crippen LogP contribution in [-0.4, -0.2) is 51.4 Å². The molecule has 1 aromatic heterocycles. The number of halogens is 1. The standard InChI is InChI=1S/C21H29FN4O/c1-20(2)12-15(13-21(3,4)26(20)6)25(5)19-10-9-17(23-24-19)16-8-7-14(22)11-18(16)27/h7-11,15,27H,12-13H2,1-6H3. The summed E-state index contributed by atoms with van der Waals surface area (Å²) in [6.45, 7) is 9.11. The average molecular weight is 372 g/mol. The SMILES string of the molecule is CN(c1ccc(-c2ccc(F)cc2O)nn1)C1CC(C)(C)N(C)C(C)(C)C1. The predicted molar refractivity (Wildman–Crippen MR) is 106 cm³/mol. The van der Waals surface area contributed by atoms with Crippen LogP contribution in [0.5, 0.6) is 5.75 Å². The van der Waals surface area contributed by atoms with Crippen molar-refractivity contribution < 1.29 is 9.50 Å². The Kier molecular flexibility index (Phi) is 4.89. The van der Waals surface area contributed by atoms with Crippen molar-refractivity contribution in [1.82, 2.24) is 15.1 Å². The van der Waals surface area contributed by atoms with E-state index in [0.717, 1.165) is 24.7 Å². The molecule has 3 rings (SSSR count). The second kappa shape index (κ2) is 6.75. The van der Waals surface area contributed by atoms with Crippen molar-refractivity contribution in [3.8, 4) is 17.0 Å². The van der Waals surface area contributed by atoms with Crippen molar-refractivity contribution >= 4 is 5.82 Å². The van der Waals surface area contributed by atoms with E-state index in [-0.39, 0.29) is 16.8 Å². The van der Waals surface area contributed by atoms with Gasteiger partial charge >= 0.3 is 0 Å². The number of anilines is 1. The summed E-state index contributed by atoms with van der Waals surface area (Å²) in [7, 11) is 4.25. The van der Waals surface area contributed by atoms with E-state index in [4.69, 9.17) is 0 Å². The minimum Gasteiger partial charge on any atom is -0.507 e. The van der Waals surface area contributed by atoms with Gasteiger partial charge < -0.3 is 10.0 Å². The van der Waals surface area contributed by atoms with Gasteiger partial charge in [-0.3, -0.25) is 4.90 Å². The zero-order valence-electron chi connectivity index (χ0n) is 17.0. The minimum absolute atomic E-state index is 0.0912. The Hall–Kier alpha value is -2.21. The molecule has 1 aromatic carbocycles. The van der Waals surface area contributed by atoms with E-state index in [9.17, 15) is 9.50 Å². The highest BCUT2D eigenvalue weighted by atomic mass is 19.1. The second-order valence-electron chi connectivity index (χ2n) is 8.80. The topological polar surface area (TPSA) is 52.5 Å². The number of nitrogens with zero attached hydrogens (tertiary/aromatic N) is 4. The Bertz CT molecular complexity index is 801. The smallest absolute Gasteiger partial charge is 0.151 e. The molecule has 0 spiro atoms. The lowest BCUT2D eigenvalue weighted by Crippen LogP contribution is -2.62. The van der Waals surface area contributed by atoms with Crippen LogP contribution in [0.2, 0.25) is 0 Å². The molecule has 2 heterocycles. The lowest BCUT2D eigenvalue weighted by atomic mass is 9.77. The summed E-state index contributed by atoms with van der Waals surface area (Å²) in [5.74, 6) is 0.179. The quantitative estimate of drug-likeness (QED) is 0.880. The Morgan fingerprint density at radius 1 is 1.07 bits per heavy atom. The van der Waals surface area contributed by atoms with Crippen LogP contribution >= 0.6 is 0 Å². The van der Waals surface area contributed by atoms with Crippen LogP contribution in [0.25, 0.3) is 11.3 Å². The monoisotopic (exact) mass is 372 g/mol. The highest BCUT2D eigenvalue weighted by molar-refractivity contribution is 5.66. The molecule has 0 aliphatic carbocycles. The molecule has 27 heavy (non-hydrogen) atoms. The molecule has 1 fully saturated rings. The highest BCUT2D eigenvalue weighted by Crippen LogP contribution is 2.39. The molecular weight excluding hydrogens is 343 g/mol. The number of piperidine rings is 1. The van der Waals surface area contributed by atoms with Gasteiger partial charge in [0.2, 0.25) is 0 Å². The van der Waals surface area contributed by atoms with Gasteiger partial charge in [-0.15, -0.1) is 10.2 Å². The maximum absolute atomic E-state index is 13.2. The summed E-state index contributed by atoms with van der Waals surface area (Å²) in [4.78, 5) is 4.65. The Morgan fingerprint density at radius 2 is 1.70 bits per heavy atom. The molecule has 146 valence electrons. The first-order chi connectivity index (χ1) is 12.5. The van der Waals surface area contributed by atoms with Crippen LogP contribution in [0.4, 0.5) is 10.2 Å². The van der Waals surface area contributed by atoms with Crippen LogP contribution in [0.15, 0.2) is 30.3 Å². The van der Waals surface area contributed by atoms with Gasteiger partial charge in [0.1, 0.15) is 11.6 Å². The van der Waals surface area contributed by atoms with Gasteiger partial charge in [0.25, 0.3) is 0 Å². The average Bonchev–Trinajstić information content (AvgIpc) is 2.59. The highest BCUT2D eigenvalue weighted by Gasteiger charge is 2.44. The van der Waals surface area contributed by atoms with Crippen molar-refractivity contribution in [2.24, 2.45) is 0 Å². The molecular formula is C21H29FN4O. The fourth-order valence-electron chi connectivity index (χ4n) is 4.16. The molecule has 0 atom stereocenters. The van der Waals surface area contributed by atoms with Crippen LogP contribution in [-0.2, 0) is 0 Å². The molecule has 2 aromatic rings. The van der Waals surface area contributed by atoms with E-state index in [2.05, 4.69) is 61.8 Å². The van der Waals surface area contributed by atoms with Crippen molar-refractivity contribution in [3.05, 3.63) is 36.1 Å². The zero-order valence-corrected chi connectivity index (χ0v) is 17.0. The number of phenolic OH excluding ortho intramolecular Hbond substituents is 1. The minimum atomic E-state index is -0.479. The molecule has 0 bridgehead atoms. The summed E-state index contributed by atoms with van der Waals surface area (Å²) < 4.78 is 13.2. The lowest BCUT2D eigenvalue weighted by Gasteiger charge is -2.55. The molecule has 0 unspecified atom stereocenters. The molecule has 1 aliphatic rings. The van der Waals surface area contributed by atoms with Gasteiger partial charge in [-0.1, -0.05) is 0 Å². The van der Waals surface area contributed by atoms with E-state index in [0.29, 0.717) is 17.3 Å². The molecule has 1 saturated heterocycles. The van der Waals surface area contributed by atoms with Crippen molar-refractivity contribution in [1.29, 1.82) is 0 Å². The second-order valence-corrected chi connectivity index (χ2v) is 8.80. The Balaban J connectivity index is 1.83. The summed E-state index contributed by atoms with van der Waals surface area (Å²) in [5, 5.41) is 18.6. The van der Waals surface area contributed by atoms with Crippen LogP contribution in [0.1, 0.15) is 40.5 Å². The Labute approximate surface area is 160 Å². The van der Waals surface area contributed by atoms with E-state index >= 15 is 0 Å². The Morgan fingerprint density at radius 3 is 2.22 bits per heavy atom. The molecule has 1 aliphatic heterocycles. The third-order valence-corrected chi connectivity index (χ3v) is 6.08. The van der Waals surface area contributed by atoms with Crippen LogP contribution in [0, 0.1) is 5.82 Å². The number of aromatic hydroxyl groups is 1. The number of hydrogen-bond donors (Lipinski definition) is 1. The first-order valence-corrected chi connectivity index (χ1v) is 9.31. The molecule has 0 saturated carbocycles. The predicted octanol–water partition coefficient (Wildman–Crippen LogP) is 4.08. The van der Waals surface area contributed by atoms with Gasteiger partial charge in [-0.05, 0) is 71.8 Å². The molecule has 0 amide bonds. The van der Waals surface area contributed by atoms with Crippen LogP contribution < -0.4 is 4.90 Å². The van der Waals surface area contributed by atoms with E-state index in [1.807, 2.05) is 12.1 Å². The van der Waals surface area contributed by atoms with Gasteiger partial charge in [0.15, 0.2) is 5.82 Å². The number of hydrogen-bond acceptors (Lipinski definition) is 5. The normalized spacial score (nSPS) is 19.8. The van der Waals surface area contributed by atoms with Gasteiger partial charge in [0, 0.05) is 35.8 Å². The van der Waals surface area contributed by atoms with E-state index in [1.54, 1.807) is 0 Å². The van der Waals surface area contributed by atoms with Gasteiger partial charge in [-0.2, -0.15) is 0 Å². The molecule has 0 radical (unpaired) electrons. The first-order valence-electron chi connectivity index (χ1n) is 9.31. The number of aromatic nitrogens is 2. The number of rotatable bonds is 3. The van der Waals surface area contributed by atoms with Crippen molar-refractivity contribution in [2.75, 3.05) is 19.0 Å². The fraction of sp³-hybridized carbons (Fsp3) is 0.524. The third kappa shape index (κ3) is 3.76. The zero-order chi connectivity index (χ0) is 20.0. The lowest BCUT2D eigenvalue weighted by molar-refractivity contribution is -0.0120. The fourth-order valence-corrected chi connectivity index (χ4v) is 4.16. The van der Waals surface area contributed by atoms with Crippen LogP contribution in [0.3, 0.4) is 0 Å². The molecule has 6 heteroatoms. The third-order valence-electron chi connectivity index (χ3n) is 6.08. The summed E-state index contributed by atoms with van der Waals surface area (Å²) in [6, 6.07) is 7.98. The van der Waals surface area contributed by atoms with E-state index in [1.165, 1.54) is 12.1 Å². The maximum atomic E-state index is 13.2. The number of benzene rings is 1. The van der Waals surface area contributed by atoms with Gasteiger partial charge in [0.05, 0.1) is 5.69 Å². The number of phenols is 1. The van der Waals surface area contributed by atoms with Crippen molar-refractivity contribution in [2.45, 2.75) is 57.7 Å². The van der Waals surface area contributed by atoms with E-state index < -0.39 is 5.82 Å².